The number of hydrogen-bond donors (Lipinski definition) is 1. The van der Waals surface area contributed by atoms with E-state index in [1.165, 1.54) is 0 Å². The van der Waals surface area contributed by atoms with E-state index in [0.29, 0.717) is 12.3 Å². The quantitative estimate of drug-likeness (QED) is 0.407. The minimum Gasteiger partial charge on any atom is -0.366 e. The number of aromatic nitrogens is 2. The van der Waals surface area contributed by atoms with Crippen LogP contribution in [-0.2, 0) is 12.7 Å². The second-order valence-corrected chi connectivity index (χ2v) is 8.68. The molecule has 0 spiro atoms. The number of hydrogen-bond acceptors (Lipinski definition) is 4. The fourth-order valence-electron chi connectivity index (χ4n) is 4.22. The molecule has 0 amide bonds. The van der Waals surface area contributed by atoms with Gasteiger partial charge in [0.25, 0.3) is 5.92 Å². The van der Waals surface area contributed by atoms with Gasteiger partial charge in [0.1, 0.15) is 0 Å². The summed E-state index contributed by atoms with van der Waals surface area (Å²) >= 11 is 0. The molecule has 10 heteroatoms. The Morgan fingerprint density at radius 3 is 2.54 bits per heavy atom. The lowest BCUT2D eigenvalue weighted by atomic mass is 9.96. The van der Waals surface area contributed by atoms with Crippen molar-refractivity contribution < 1.29 is 26.3 Å². The van der Waals surface area contributed by atoms with Gasteiger partial charge in [-0.1, -0.05) is 36.4 Å². The molecule has 0 saturated carbocycles. The Hall–Kier alpha value is -3.14. The summed E-state index contributed by atoms with van der Waals surface area (Å²) in [5, 5.41) is 2.62. The molecule has 0 aliphatic carbocycles. The van der Waals surface area contributed by atoms with Crippen LogP contribution in [0.15, 0.2) is 54.7 Å². The van der Waals surface area contributed by atoms with E-state index in [0.717, 1.165) is 22.5 Å². The van der Waals surface area contributed by atoms with E-state index in [2.05, 4.69) is 15.3 Å². The van der Waals surface area contributed by atoms with Crippen LogP contribution in [0.25, 0.3) is 11.1 Å². The standard InChI is InChI=1S/C25H24F6N4/c1-16-7-8-20(17-5-3-2-4-6-17)22(34-16)15-35-10-9-24(27,28)12-19(35)14-33-23-21(26)11-18(13-32-23)25(29,30)31/h2-8,11,13,19H,9-10,12,14-15H2,1H3,(H,32,33)/t19-/m0/s1. The Morgan fingerprint density at radius 1 is 1.11 bits per heavy atom. The minimum absolute atomic E-state index is 0.0894. The lowest BCUT2D eigenvalue weighted by Gasteiger charge is -2.39. The van der Waals surface area contributed by atoms with Gasteiger partial charge in [-0.15, -0.1) is 0 Å². The Labute approximate surface area is 199 Å². The van der Waals surface area contributed by atoms with Crippen molar-refractivity contribution in [3.8, 4) is 11.1 Å². The Bertz CT molecular complexity index is 1170. The molecule has 1 aliphatic heterocycles. The van der Waals surface area contributed by atoms with Crippen molar-refractivity contribution in [1.29, 1.82) is 0 Å². The third kappa shape index (κ3) is 6.11. The number of benzene rings is 1. The largest absolute Gasteiger partial charge is 0.417 e. The summed E-state index contributed by atoms with van der Waals surface area (Å²) in [6.07, 6.45) is -5.02. The fourth-order valence-corrected chi connectivity index (χ4v) is 4.22. The molecular weight excluding hydrogens is 470 g/mol. The second-order valence-electron chi connectivity index (χ2n) is 8.68. The first-order valence-electron chi connectivity index (χ1n) is 11.1. The van der Waals surface area contributed by atoms with Crippen molar-refractivity contribution >= 4 is 5.82 Å². The van der Waals surface area contributed by atoms with E-state index in [1.807, 2.05) is 54.3 Å². The average molecular weight is 494 g/mol. The van der Waals surface area contributed by atoms with Crippen molar-refractivity contribution in [3.05, 3.63) is 77.5 Å². The van der Waals surface area contributed by atoms with E-state index >= 15 is 0 Å². The SMILES string of the molecule is Cc1ccc(-c2ccccc2)c(CN2CCC(F)(F)C[C@H]2CNc2ncc(C(F)(F)F)cc2F)n1. The summed E-state index contributed by atoms with van der Waals surface area (Å²) in [6, 6.07) is 13.0. The van der Waals surface area contributed by atoms with Crippen molar-refractivity contribution in [2.24, 2.45) is 0 Å². The first-order chi connectivity index (χ1) is 16.5. The number of aryl methyl sites for hydroxylation is 1. The molecule has 1 aliphatic rings. The summed E-state index contributed by atoms with van der Waals surface area (Å²) in [5.74, 6) is -4.51. The smallest absolute Gasteiger partial charge is 0.366 e. The third-order valence-corrected chi connectivity index (χ3v) is 6.04. The maximum absolute atomic E-state index is 14.3. The Kier molecular flexibility index (Phi) is 7.02. The molecule has 3 heterocycles. The Morgan fingerprint density at radius 2 is 1.86 bits per heavy atom. The summed E-state index contributed by atoms with van der Waals surface area (Å²) in [5.41, 5.74) is 2.13. The number of rotatable bonds is 6. The molecule has 0 radical (unpaired) electrons. The monoisotopic (exact) mass is 494 g/mol. The topological polar surface area (TPSA) is 41.0 Å². The minimum atomic E-state index is -4.73. The lowest BCUT2D eigenvalue weighted by molar-refractivity contribution is -0.138. The predicted molar refractivity (Wildman–Crippen MR) is 120 cm³/mol. The maximum atomic E-state index is 14.3. The second kappa shape index (κ2) is 9.85. The molecule has 186 valence electrons. The zero-order valence-electron chi connectivity index (χ0n) is 18.9. The first-order valence-corrected chi connectivity index (χ1v) is 11.1. The summed E-state index contributed by atoms with van der Waals surface area (Å²) in [7, 11) is 0. The van der Waals surface area contributed by atoms with Crippen LogP contribution in [0.5, 0.6) is 0 Å². The molecule has 4 rings (SSSR count). The third-order valence-electron chi connectivity index (χ3n) is 6.04. The summed E-state index contributed by atoms with van der Waals surface area (Å²) in [6.45, 7) is 2.11. The van der Waals surface area contributed by atoms with Gasteiger partial charge >= 0.3 is 6.18 Å². The predicted octanol–water partition coefficient (Wildman–Crippen LogP) is 6.32. The summed E-state index contributed by atoms with van der Waals surface area (Å²) < 4.78 is 81.1. The zero-order valence-corrected chi connectivity index (χ0v) is 18.9. The first kappa shape index (κ1) is 25.0. The molecule has 4 nitrogen and oxygen atoms in total. The number of anilines is 1. The van der Waals surface area contributed by atoms with E-state index < -0.39 is 41.8 Å². The highest BCUT2D eigenvalue weighted by Crippen LogP contribution is 2.34. The Balaban J connectivity index is 1.55. The summed E-state index contributed by atoms with van der Waals surface area (Å²) in [4.78, 5) is 10.0. The normalized spacial score (nSPS) is 18.4. The zero-order chi connectivity index (χ0) is 25.2. The number of alkyl halides is 5. The number of piperidine rings is 1. The molecule has 1 saturated heterocycles. The fraction of sp³-hybridized carbons (Fsp3) is 0.360. The highest BCUT2D eigenvalue weighted by Gasteiger charge is 2.40. The molecule has 3 aromatic rings. The van der Waals surface area contributed by atoms with Crippen LogP contribution < -0.4 is 5.32 Å². The molecule has 2 aromatic heterocycles. The molecule has 1 aromatic carbocycles. The molecule has 0 bridgehead atoms. The van der Waals surface area contributed by atoms with E-state index in [9.17, 15) is 26.3 Å². The number of halogens is 6. The highest BCUT2D eigenvalue weighted by molar-refractivity contribution is 5.65. The van der Waals surface area contributed by atoms with E-state index in [4.69, 9.17) is 0 Å². The van der Waals surface area contributed by atoms with Gasteiger partial charge in [-0.25, -0.2) is 18.2 Å². The van der Waals surface area contributed by atoms with Crippen molar-refractivity contribution in [2.45, 2.75) is 44.5 Å². The molecule has 0 unspecified atom stereocenters. The molecule has 1 N–H and O–H groups in total. The van der Waals surface area contributed by atoms with Crippen molar-refractivity contribution in [2.75, 3.05) is 18.4 Å². The number of nitrogens with one attached hydrogen (secondary N) is 1. The van der Waals surface area contributed by atoms with Crippen LogP contribution >= 0.6 is 0 Å². The van der Waals surface area contributed by atoms with Gasteiger partial charge in [0, 0.05) is 56.0 Å². The number of pyridine rings is 2. The molecule has 35 heavy (non-hydrogen) atoms. The van der Waals surface area contributed by atoms with Gasteiger partial charge in [0.15, 0.2) is 11.6 Å². The van der Waals surface area contributed by atoms with Gasteiger partial charge in [0.05, 0.1) is 11.3 Å². The van der Waals surface area contributed by atoms with E-state index in [1.54, 1.807) is 0 Å². The van der Waals surface area contributed by atoms with Gasteiger partial charge in [-0.3, -0.25) is 9.88 Å². The molecular formula is C25H24F6N4. The van der Waals surface area contributed by atoms with Crippen LogP contribution in [0.3, 0.4) is 0 Å². The van der Waals surface area contributed by atoms with Crippen LogP contribution in [0.1, 0.15) is 29.8 Å². The van der Waals surface area contributed by atoms with Gasteiger partial charge in [0.2, 0.25) is 0 Å². The van der Waals surface area contributed by atoms with Crippen LogP contribution in [0, 0.1) is 12.7 Å². The van der Waals surface area contributed by atoms with Gasteiger partial charge < -0.3 is 5.32 Å². The van der Waals surface area contributed by atoms with Crippen molar-refractivity contribution in [1.82, 2.24) is 14.9 Å². The van der Waals surface area contributed by atoms with Crippen molar-refractivity contribution in [3.63, 3.8) is 0 Å². The van der Waals surface area contributed by atoms with Gasteiger partial charge in [-0.2, -0.15) is 13.2 Å². The van der Waals surface area contributed by atoms with Crippen LogP contribution in [-0.4, -0.2) is 39.9 Å². The van der Waals surface area contributed by atoms with Crippen LogP contribution in [0.4, 0.5) is 32.2 Å². The lowest BCUT2D eigenvalue weighted by Crippen LogP contribution is -2.49. The highest BCUT2D eigenvalue weighted by atomic mass is 19.4. The molecule has 1 atom stereocenters. The molecule has 1 fully saturated rings. The average Bonchev–Trinajstić information content (AvgIpc) is 2.79. The van der Waals surface area contributed by atoms with E-state index in [-0.39, 0.29) is 26.1 Å². The maximum Gasteiger partial charge on any atom is 0.417 e. The van der Waals surface area contributed by atoms with Crippen LogP contribution in [0.2, 0.25) is 0 Å². The van der Waals surface area contributed by atoms with Gasteiger partial charge in [-0.05, 0) is 24.6 Å². The number of nitrogens with zero attached hydrogens (tertiary/aromatic N) is 3. The number of likely N-dealkylation sites (tertiary alicyclic amines) is 1.